The zero-order chi connectivity index (χ0) is 31.3. The number of amides is 1. The molecule has 0 bridgehead atoms. The number of carbonyl (C=O) groups is 1. The average molecular weight is 597 g/mol. The second kappa shape index (κ2) is 11.2. The molecule has 226 valence electrons. The Labute approximate surface area is 253 Å². The second-order valence-electron chi connectivity index (χ2n) is 11.3. The van der Waals surface area contributed by atoms with Crippen LogP contribution in [0.5, 0.6) is 5.75 Å². The fourth-order valence-corrected chi connectivity index (χ4v) is 6.00. The van der Waals surface area contributed by atoms with Gasteiger partial charge in [0.2, 0.25) is 5.91 Å². The van der Waals surface area contributed by atoms with Gasteiger partial charge in [-0.25, -0.2) is 18.7 Å². The quantitative estimate of drug-likeness (QED) is 0.240. The van der Waals surface area contributed by atoms with Crippen molar-refractivity contribution in [2.24, 2.45) is 0 Å². The van der Waals surface area contributed by atoms with Crippen molar-refractivity contribution in [3.8, 4) is 22.7 Å². The smallest absolute Gasteiger partial charge is 0.355 e. The van der Waals surface area contributed by atoms with E-state index < -0.39 is 11.5 Å². The predicted octanol–water partition coefficient (Wildman–Crippen LogP) is 5.39. The Morgan fingerprint density at radius 3 is 2.70 bits per heavy atom. The molecule has 1 fully saturated rings. The van der Waals surface area contributed by atoms with Crippen molar-refractivity contribution in [2.45, 2.75) is 39.7 Å². The van der Waals surface area contributed by atoms with Crippen molar-refractivity contribution in [3.63, 3.8) is 0 Å². The highest BCUT2D eigenvalue weighted by Gasteiger charge is 2.31. The predicted molar refractivity (Wildman–Crippen MR) is 167 cm³/mol. The van der Waals surface area contributed by atoms with E-state index in [0.29, 0.717) is 59.1 Å². The molecule has 0 saturated carbocycles. The van der Waals surface area contributed by atoms with Gasteiger partial charge in [-0.15, -0.1) is 0 Å². The van der Waals surface area contributed by atoms with Gasteiger partial charge in [-0.2, -0.15) is 4.98 Å². The van der Waals surface area contributed by atoms with E-state index in [2.05, 4.69) is 16.5 Å². The van der Waals surface area contributed by atoms with Gasteiger partial charge in [-0.1, -0.05) is 20.4 Å². The van der Waals surface area contributed by atoms with Crippen LogP contribution in [0.25, 0.3) is 38.9 Å². The van der Waals surface area contributed by atoms with Crippen LogP contribution in [0.2, 0.25) is 0 Å². The molecule has 5 heterocycles. The minimum atomic E-state index is -0.631. The first-order chi connectivity index (χ1) is 21.1. The third-order valence-electron chi connectivity index (χ3n) is 8.15. The van der Waals surface area contributed by atoms with Gasteiger partial charge in [0.05, 0.1) is 35.7 Å². The third-order valence-corrected chi connectivity index (χ3v) is 8.15. The van der Waals surface area contributed by atoms with Gasteiger partial charge in [0.1, 0.15) is 22.8 Å². The number of carbonyl (C=O) groups excluding carboxylic acids is 1. The summed E-state index contributed by atoms with van der Waals surface area (Å²) in [7, 11) is 1.50. The van der Waals surface area contributed by atoms with Crippen LogP contribution in [0, 0.1) is 12.7 Å². The van der Waals surface area contributed by atoms with Crippen molar-refractivity contribution in [1.29, 1.82) is 0 Å². The first kappa shape index (κ1) is 29.0. The van der Waals surface area contributed by atoms with Crippen LogP contribution in [0.4, 0.5) is 10.2 Å². The van der Waals surface area contributed by atoms with Gasteiger partial charge in [0.15, 0.2) is 11.5 Å². The van der Waals surface area contributed by atoms with Crippen molar-refractivity contribution in [3.05, 3.63) is 83.0 Å². The summed E-state index contributed by atoms with van der Waals surface area (Å²) in [6.45, 7) is 12.6. The molecular formula is C33H33FN6O4. The number of piperazine rings is 1. The van der Waals surface area contributed by atoms with Crippen LogP contribution in [-0.2, 0) is 4.79 Å². The van der Waals surface area contributed by atoms with E-state index in [9.17, 15) is 9.59 Å². The summed E-state index contributed by atoms with van der Waals surface area (Å²) in [6.07, 6.45) is 4.51. The molecule has 6 rings (SSSR count). The number of fused-ring (bicyclic) bond motifs is 2. The lowest BCUT2D eigenvalue weighted by Gasteiger charge is -2.40. The number of aryl methyl sites for hydroxylation is 1. The Bertz CT molecular complexity index is 2000. The molecule has 44 heavy (non-hydrogen) atoms. The van der Waals surface area contributed by atoms with Crippen LogP contribution >= 0.6 is 0 Å². The number of hydrogen-bond donors (Lipinski definition) is 0. The molecule has 0 unspecified atom stereocenters. The number of furan rings is 1. The van der Waals surface area contributed by atoms with E-state index >= 15 is 4.39 Å². The summed E-state index contributed by atoms with van der Waals surface area (Å²) < 4.78 is 29.2. The molecule has 1 amide bonds. The highest BCUT2D eigenvalue weighted by molar-refractivity contribution is 5.98. The van der Waals surface area contributed by atoms with E-state index in [0.717, 1.165) is 10.9 Å². The Hall–Kier alpha value is -5.06. The van der Waals surface area contributed by atoms with Gasteiger partial charge in [-0.05, 0) is 61.7 Å². The number of anilines is 1. The lowest BCUT2D eigenvalue weighted by atomic mass is 10.0. The summed E-state index contributed by atoms with van der Waals surface area (Å²) in [5, 5.41) is 1.10. The molecule has 0 radical (unpaired) electrons. The van der Waals surface area contributed by atoms with E-state index in [-0.39, 0.29) is 29.2 Å². The summed E-state index contributed by atoms with van der Waals surface area (Å²) in [4.78, 5) is 44.1. The normalized spacial score (nSPS) is 15.4. The summed E-state index contributed by atoms with van der Waals surface area (Å²) in [5.41, 5.74) is 2.41. The van der Waals surface area contributed by atoms with E-state index in [1.807, 2.05) is 44.7 Å². The number of aromatic nitrogens is 4. The summed E-state index contributed by atoms with van der Waals surface area (Å²) in [5.74, 6) is -0.157. The molecular weight excluding hydrogens is 563 g/mol. The largest absolute Gasteiger partial charge is 0.496 e. The maximum Gasteiger partial charge on any atom is 0.355 e. The third kappa shape index (κ3) is 4.68. The Balaban J connectivity index is 1.68. The zero-order valence-corrected chi connectivity index (χ0v) is 25.3. The Morgan fingerprint density at radius 1 is 1.20 bits per heavy atom. The van der Waals surface area contributed by atoms with Crippen molar-refractivity contribution in [1.82, 2.24) is 24.4 Å². The molecule has 4 aromatic heterocycles. The number of hydrogen-bond acceptors (Lipinski definition) is 8. The Kier molecular flexibility index (Phi) is 7.40. The molecule has 0 N–H and O–H groups in total. The number of halogens is 1. The lowest BCUT2D eigenvalue weighted by Crippen LogP contribution is -2.54. The molecule has 1 aromatic carbocycles. The summed E-state index contributed by atoms with van der Waals surface area (Å²) in [6, 6.07) is 8.31. The number of pyridine rings is 2. The van der Waals surface area contributed by atoms with Crippen molar-refractivity contribution < 1.29 is 18.3 Å². The molecule has 1 saturated heterocycles. The standard InChI is InChI=1S/C33H33FN6O4/c1-7-25(41)38-13-14-39(20(5)17-38)31-22-16-23(34)28(26-24(43-6)9-8-21-11-15-44-30(21)26)36-32(22)40(33(42)37-31)29-19(4)10-12-35-27(29)18(2)3/h7-12,15-16,18,20H,1,13-14,17H2,2-6H3/t20-/m0/s1. The van der Waals surface area contributed by atoms with Crippen LogP contribution in [-0.4, -0.2) is 63.1 Å². The van der Waals surface area contributed by atoms with Gasteiger partial charge in [0.25, 0.3) is 0 Å². The van der Waals surface area contributed by atoms with Gasteiger partial charge in [-0.3, -0.25) is 9.78 Å². The van der Waals surface area contributed by atoms with Crippen LogP contribution < -0.4 is 15.3 Å². The van der Waals surface area contributed by atoms with Gasteiger partial charge in [0, 0.05) is 37.3 Å². The molecule has 11 heteroatoms. The van der Waals surface area contributed by atoms with Crippen molar-refractivity contribution >= 4 is 33.7 Å². The number of methoxy groups -OCH3 is 1. The number of nitrogens with zero attached hydrogens (tertiary/aromatic N) is 6. The minimum absolute atomic E-state index is 0.0257. The maximum atomic E-state index is 16.4. The first-order valence-corrected chi connectivity index (χ1v) is 14.5. The fraction of sp³-hybridized carbons (Fsp3) is 0.303. The molecule has 1 aliphatic heterocycles. The maximum absolute atomic E-state index is 16.4. The lowest BCUT2D eigenvalue weighted by molar-refractivity contribution is -0.126. The first-order valence-electron chi connectivity index (χ1n) is 14.5. The SMILES string of the molecule is C=CC(=O)N1CCN(c2nc(=O)n(-c3c(C)ccnc3C(C)C)c3nc(-c4c(OC)ccc5ccoc45)c(F)cc23)[C@@H](C)C1. The highest BCUT2D eigenvalue weighted by atomic mass is 19.1. The highest BCUT2D eigenvalue weighted by Crippen LogP contribution is 2.40. The number of rotatable bonds is 6. The second-order valence-corrected chi connectivity index (χ2v) is 11.3. The molecule has 0 aliphatic carbocycles. The summed E-state index contributed by atoms with van der Waals surface area (Å²) >= 11 is 0. The van der Waals surface area contributed by atoms with E-state index in [4.69, 9.17) is 14.1 Å². The van der Waals surface area contributed by atoms with Crippen LogP contribution in [0.1, 0.15) is 37.9 Å². The van der Waals surface area contributed by atoms with Crippen LogP contribution in [0.15, 0.2) is 64.7 Å². The van der Waals surface area contributed by atoms with Gasteiger partial charge >= 0.3 is 5.69 Å². The van der Waals surface area contributed by atoms with E-state index in [1.54, 1.807) is 23.2 Å². The molecule has 10 nitrogen and oxygen atoms in total. The van der Waals surface area contributed by atoms with Crippen LogP contribution in [0.3, 0.4) is 0 Å². The topological polar surface area (TPSA) is 107 Å². The number of benzene rings is 1. The molecule has 5 aromatic rings. The molecule has 1 aliphatic rings. The van der Waals surface area contributed by atoms with Gasteiger partial charge < -0.3 is 19.0 Å². The minimum Gasteiger partial charge on any atom is -0.496 e. The zero-order valence-electron chi connectivity index (χ0n) is 25.3. The van der Waals surface area contributed by atoms with Crippen molar-refractivity contribution in [2.75, 3.05) is 31.6 Å². The molecule has 0 spiro atoms. The fourth-order valence-electron chi connectivity index (χ4n) is 6.00. The monoisotopic (exact) mass is 596 g/mol. The molecule has 1 atom stereocenters. The Morgan fingerprint density at radius 2 is 2.00 bits per heavy atom. The van der Waals surface area contributed by atoms with E-state index in [1.165, 1.54) is 30.1 Å². The number of ether oxygens (including phenoxy) is 1. The average Bonchev–Trinajstić information content (AvgIpc) is 3.49.